The van der Waals surface area contributed by atoms with Gasteiger partial charge in [0.25, 0.3) is 0 Å². The molecule has 0 unspecified atom stereocenters. The molecule has 6 nitrogen and oxygen atoms in total. The number of nitrogens with one attached hydrogen (secondary N) is 1. The van der Waals surface area contributed by atoms with Gasteiger partial charge in [0.05, 0.1) is 6.61 Å². The maximum absolute atomic E-state index is 9.10. The third kappa shape index (κ3) is 4.16. The number of ether oxygens (including phenoxy) is 1. The zero-order chi connectivity index (χ0) is 12.0. The highest BCUT2D eigenvalue weighted by Crippen LogP contribution is 2.23. The molecule has 0 aromatic heterocycles. The lowest BCUT2D eigenvalue weighted by Gasteiger charge is -2.35. The van der Waals surface area contributed by atoms with Crippen molar-refractivity contribution in [2.24, 2.45) is 5.92 Å². The van der Waals surface area contributed by atoms with Crippen LogP contribution in [0.1, 0.15) is 19.3 Å². The van der Waals surface area contributed by atoms with Gasteiger partial charge in [-0.15, -0.1) is 0 Å². The number of fused-ring (bicyclic) bond motifs is 1. The predicted octanol–water partition coefficient (Wildman–Crippen LogP) is -0.0695. The Labute approximate surface area is 93.6 Å². The maximum atomic E-state index is 9.10. The summed E-state index contributed by atoms with van der Waals surface area (Å²) in [7, 11) is 0. The highest BCUT2D eigenvalue weighted by Gasteiger charge is 2.27. The quantitative estimate of drug-likeness (QED) is 0.505. The minimum absolute atomic E-state index is 0.683. The number of carboxylic acids is 2. The zero-order valence-electron chi connectivity index (χ0n) is 9.02. The molecule has 2 rings (SSSR count). The van der Waals surface area contributed by atoms with Gasteiger partial charge in [-0.2, -0.15) is 0 Å². The Morgan fingerprint density at radius 1 is 1.19 bits per heavy atom. The summed E-state index contributed by atoms with van der Waals surface area (Å²) >= 11 is 0. The summed E-state index contributed by atoms with van der Waals surface area (Å²) in [4.78, 5) is 18.2. The fraction of sp³-hybridized carbons (Fsp3) is 0.800. The van der Waals surface area contributed by atoms with E-state index in [4.69, 9.17) is 24.5 Å². The lowest BCUT2D eigenvalue weighted by molar-refractivity contribution is -0.159. The molecule has 16 heavy (non-hydrogen) atoms. The first-order valence-corrected chi connectivity index (χ1v) is 5.38. The Bertz CT molecular complexity index is 218. The van der Waals surface area contributed by atoms with Gasteiger partial charge in [0.15, 0.2) is 0 Å². The molecule has 0 saturated carbocycles. The average Bonchev–Trinajstić information content (AvgIpc) is 2.30. The molecule has 2 saturated heterocycles. The number of hydrogen-bond donors (Lipinski definition) is 3. The van der Waals surface area contributed by atoms with Crippen molar-refractivity contribution >= 4 is 11.9 Å². The number of piperidine rings is 1. The zero-order valence-corrected chi connectivity index (χ0v) is 9.02. The van der Waals surface area contributed by atoms with Gasteiger partial charge >= 0.3 is 11.9 Å². The van der Waals surface area contributed by atoms with E-state index in [1.807, 2.05) is 0 Å². The van der Waals surface area contributed by atoms with Crippen LogP contribution in [0.15, 0.2) is 0 Å². The molecule has 0 aliphatic carbocycles. The number of carboxylic acid groups (broad SMARTS) is 2. The molecule has 92 valence electrons. The Kier molecular flexibility index (Phi) is 5.21. The van der Waals surface area contributed by atoms with Gasteiger partial charge in [-0.3, -0.25) is 0 Å². The first kappa shape index (κ1) is 12.9. The van der Waals surface area contributed by atoms with Crippen LogP contribution in [-0.4, -0.2) is 48.0 Å². The van der Waals surface area contributed by atoms with Crippen LogP contribution in [-0.2, 0) is 14.3 Å². The van der Waals surface area contributed by atoms with Crippen molar-refractivity contribution in [2.75, 3.05) is 19.8 Å². The van der Waals surface area contributed by atoms with E-state index in [-0.39, 0.29) is 0 Å². The summed E-state index contributed by atoms with van der Waals surface area (Å²) in [6.07, 6.45) is 4.06. The van der Waals surface area contributed by atoms with Gasteiger partial charge in [-0.05, 0) is 31.7 Å². The van der Waals surface area contributed by atoms with E-state index in [0.717, 1.165) is 19.1 Å². The molecule has 2 aliphatic heterocycles. The normalized spacial score (nSPS) is 28.2. The van der Waals surface area contributed by atoms with Crippen molar-refractivity contribution in [3.8, 4) is 0 Å². The summed E-state index contributed by atoms with van der Waals surface area (Å²) in [5.74, 6) is -2.73. The monoisotopic (exact) mass is 231 g/mol. The van der Waals surface area contributed by atoms with E-state index in [1.54, 1.807) is 0 Å². The predicted molar refractivity (Wildman–Crippen MR) is 55.2 cm³/mol. The molecule has 0 amide bonds. The first-order chi connectivity index (χ1) is 7.61. The van der Waals surface area contributed by atoms with Crippen LogP contribution in [0.25, 0.3) is 0 Å². The molecular weight excluding hydrogens is 214 g/mol. The first-order valence-electron chi connectivity index (χ1n) is 5.38. The second-order valence-corrected chi connectivity index (χ2v) is 3.94. The molecule has 2 heterocycles. The third-order valence-electron chi connectivity index (χ3n) is 2.84. The van der Waals surface area contributed by atoms with E-state index in [2.05, 4.69) is 5.32 Å². The second kappa shape index (κ2) is 6.44. The van der Waals surface area contributed by atoms with Crippen molar-refractivity contribution in [2.45, 2.75) is 25.3 Å². The van der Waals surface area contributed by atoms with Crippen LogP contribution < -0.4 is 5.32 Å². The molecule has 0 radical (unpaired) electrons. The van der Waals surface area contributed by atoms with Gasteiger partial charge in [0, 0.05) is 12.6 Å². The summed E-state index contributed by atoms with van der Waals surface area (Å²) in [6, 6.07) is 0.683. The van der Waals surface area contributed by atoms with Gasteiger partial charge in [0.2, 0.25) is 0 Å². The lowest BCUT2D eigenvalue weighted by atomic mass is 9.87. The van der Waals surface area contributed by atoms with E-state index >= 15 is 0 Å². The number of hydrogen-bond acceptors (Lipinski definition) is 4. The van der Waals surface area contributed by atoms with Gasteiger partial charge < -0.3 is 20.3 Å². The fourth-order valence-electron chi connectivity index (χ4n) is 2.01. The molecule has 0 spiro atoms. The van der Waals surface area contributed by atoms with Crippen molar-refractivity contribution in [1.29, 1.82) is 0 Å². The molecule has 6 heteroatoms. The van der Waals surface area contributed by atoms with Crippen LogP contribution in [0.5, 0.6) is 0 Å². The highest BCUT2D eigenvalue weighted by molar-refractivity contribution is 6.27. The molecule has 2 atom stereocenters. The van der Waals surface area contributed by atoms with E-state index in [1.165, 1.54) is 25.8 Å². The SMILES string of the molecule is C1CN[C@H]2COCC[C@H]2C1.O=C(O)C(=O)O. The highest BCUT2D eigenvalue weighted by atomic mass is 16.5. The largest absolute Gasteiger partial charge is 0.473 e. The molecule has 0 aromatic rings. The fourth-order valence-corrected chi connectivity index (χ4v) is 2.01. The Balaban J connectivity index is 0.000000187. The molecule has 3 N–H and O–H groups in total. The molecule has 2 fully saturated rings. The second-order valence-electron chi connectivity index (χ2n) is 3.94. The Morgan fingerprint density at radius 2 is 1.88 bits per heavy atom. The van der Waals surface area contributed by atoms with Crippen molar-refractivity contribution in [3.05, 3.63) is 0 Å². The van der Waals surface area contributed by atoms with Gasteiger partial charge in [0.1, 0.15) is 0 Å². The molecule has 0 bridgehead atoms. The average molecular weight is 231 g/mol. The van der Waals surface area contributed by atoms with Crippen LogP contribution in [0.4, 0.5) is 0 Å². The van der Waals surface area contributed by atoms with Gasteiger partial charge in [-0.1, -0.05) is 0 Å². The van der Waals surface area contributed by atoms with Crippen LogP contribution in [0.3, 0.4) is 0 Å². The van der Waals surface area contributed by atoms with Crippen molar-refractivity contribution in [1.82, 2.24) is 5.32 Å². The maximum Gasteiger partial charge on any atom is 0.414 e. The summed E-state index contributed by atoms with van der Waals surface area (Å²) < 4.78 is 5.38. The molecular formula is C10H17NO5. The summed E-state index contributed by atoms with van der Waals surface area (Å²) in [5, 5.41) is 18.3. The van der Waals surface area contributed by atoms with E-state index in [0.29, 0.717) is 6.04 Å². The lowest BCUT2D eigenvalue weighted by Crippen LogP contribution is -2.47. The number of aliphatic carboxylic acids is 2. The standard InChI is InChI=1S/C8H15NO.C2H2O4/c1-2-7-3-5-10-6-8(7)9-4-1;3-1(4)2(5)6/h7-9H,1-6H2;(H,3,4)(H,5,6)/t7-,8+;/m1./s1. The molecule has 0 aromatic carbocycles. The van der Waals surface area contributed by atoms with Crippen LogP contribution >= 0.6 is 0 Å². The van der Waals surface area contributed by atoms with Crippen molar-refractivity contribution < 1.29 is 24.5 Å². The minimum atomic E-state index is -1.82. The number of rotatable bonds is 0. The minimum Gasteiger partial charge on any atom is -0.473 e. The van der Waals surface area contributed by atoms with Crippen LogP contribution in [0.2, 0.25) is 0 Å². The Morgan fingerprint density at radius 3 is 2.44 bits per heavy atom. The molecule has 2 aliphatic rings. The van der Waals surface area contributed by atoms with Gasteiger partial charge in [-0.25, -0.2) is 9.59 Å². The number of carbonyl (C=O) groups is 2. The van der Waals surface area contributed by atoms with Crippen molar-refractivity contribution in [3.63, 3.8) is 0 Å². The Hall–Kier alpha value is -1.14. The van der Waals surface area contributed by atoms with E-state index < -0.39 is 11.9 Å². The summed E-state index contributed by atoms with van der Waals surface area (Å²) in [5.41, 5.74) is 0. The summed E-state index contributed by atoms with van der Waals surface area (Å²) in [6.45, 7) is 3.14. The van der Waals surface area contributed by atoms with E-state index in [9.17, 15) is 0 Å². The third-order valence-corrected chi connectivity index (χ3v) is 2.84. The van der Waals surface area contributed by atoms with Crippen LogP contribution in [0, 0.1) is 5.92 Å². The smallest absolute Gasteiger partial charge is 0.414 e. The topological polar surface area (TPSA) is 95.9 Å².